The highest BCUT2D eigenvalue weighted by atomic mass is 16.2. The minimum absolute atomic E-state index is 0.0590. The molecule has 0 bridgehead atoms. The molecule has 0 spiro atoms. The molecule has 0 unspecified atom stereocenters. The number of hydrogen-bond donors (Lipinski definition) is 2. The molecule has 0 fully saturated rings. The number of nitrogens with one attached hydrogen (secondary N) is 1. The van der Waals surface area contributed by atoms with Gasteiger partial charge in [-0.15, -0.1) is 0 Å². The average molecular weight is 264 g/mol. The number of pyridine rings is 1. The standard InChI is InChI=1S/C13H20N4O2/c1-3-15-12(18)9-17(4-2)13(19)10-5-6-16-11(7-10)8-14/h5-7H,3-4,8-9,14H2,1-2H3,(H,15,18). The van der Waals surface area contributed by atoms with E-state index in [0.29, 0.717) is 24.3 Å². The summed E-state index contributed by atoms with van der Waals surface area (Å²) in [6.07, 6.45) is 1.55. The lowest BCUT2D eigenvalue weighted by molar-refractivity contribution is -0.121. The van der Waals surface area contributed by atoms with E-state index in [-0.39, 0.29) is 24.9 Å². The van der Waals surface area contributed by atoms with Crippen molar-refractivity contribution >= 4 is 11.8 Å². The molecule has 0 aliphatic carbocycles. The third-order valence-electron chi connectivity index (χ3n) is 2.65. The van der Waals surface area contributed by atoms with Crippen molar-refractivity contribution in [1.82, 2.24) is 15.2 Å². The second-order valence-electron chi connectivity index (χ2n) is 4.01. The number of nitrogens with two attached hydrogens (primary N) is 1. The van der Waals surface area contributed by atoms with E-state index in [4.69, 9.17) is 5.73 Å². The molecule has 2 amide bonds. The lowest BCUT2D eigenvalue weighted by Crippen LogP contribution is -2.40. The number of rotatable bonds is 6. The summed E-state index contributed by atoms with van der Waals surface area (Å²) in [6.45, 7) is 5.04. The van der Waals surface area contributed by atoms with Crippen molar-refractivity contribution in [2.24, 2.45) is 5.73 Å². The molecule has 0 radical (unpaired) electrons. The van der Waals surface area contributed by atoms with Gasteiger partial charge in [-0.05, 0) is 26.0 Å². The molecular weight excluding hydrogens is 244 g/mol. The molecule has 6 nitrogen and oxygen atoms in total. The molecule has 1 heterocycles. The number of amides is 2. The van der Waals surface area contributed by atoms with Gasteiger partial charge in [-0.3, -0.25) is 14.6 Å². The number of carbonyl (C=O) groups is 2. The molecule has 1 rings (SSSR count). The first kappa shape index (κ1) is 15.1. The van der Waals surface area contributed by atoms with Gasteiger partial charge in [0.15, 0.2) is 0 Å². The maximum absolute atomic E-state index is 12.3. The van der Waals surface area contributed by atoms with Gasteiger partial charge in [0, 0.05) is 31.4 Å². The molecule has 0 saturated heterocycles. The highest BCUT2D eigenvalue weighted by molar-refractivity contribution is 5.96. The van der Waals surface area contributed by atoms with Gasteiger partial charge in [-0.25, -0.2) is 0 Å². The summed E-state index contributed by atoms with van der Waals surface area (Å²) < 4.78 is 0. The molecule has 6 heteroatoms. The highest BCUT2D eigenvalue weighted by Gasteiger charge is 2.17. The molecule has 1 aromatic rings. The Morgan fingerprint density at radius 2 is 2.16 bits per heavy atom. The summed E-state index contributed by atoms with van der Waals surface area (Å²) in [7, 11) is 0. The Morgan fingerprint density at radius 3 is 2.74 bits per heavy atom. The van der Waals surface area contributed by atoms with E-state index in [2.05, 4.69) is 10.3 Å². The van der Waals surface area contributed by atoms with Crippen LogP contribution in [0.3, 0.4) is 0 Å². The Labute approximate surface area is 113 Å². The van der Waals surface area contributed by atoms with Crippen LogP contribution in [0, 0.1) is 0 Å². The molecule has 0 saturated carbocycles. The Hall–Kier alpha value is -1.95. The van der Waals surface area contributed by atoms with E-state index in [1.165, 1.54) is 4.90 Å². The maximum Gasteiger partial charge on any atom is 0.254 e. The zero-order chi connectivity index (χ0) is 14.3. The molecule has 104 valence electrons. The lowest BCUT2D eigenvalue weighted by atomic mass is 10.2. The van der Waals surface area contributed by atoms with Gasteiger partial charge in [-0.2, -0.15) is 0 Å². The fourth-order valence-corrected chi connectivity index (χ4v) is 1.66. The van der Waals surface area contributed by atoms with Crippen LogP contribution < -0.4 is 11.1 Å². The van der Waals surface area contributed by atoms with E-state index in [1.54, 1.807) is 18.3 Å². The van der Waals surface area contributed by atoms with Crippen molar-refractivity contribution in [2.45, 2.75) is 20.4 Å². The first-order valence-corrected chi connectivity index (χ1v) is 6.33. The van der Waals surface area contributed by atoms with E-state index in [9.17, 15) is 9.59 Å². The zero-order valence-electron chi connectivity index (χ0n) is 11.3. The average Bonchev–Trinajstić information content (AvgIpc) is 2.44. The third-order valence-corrected chi connectivity index (χ3v) is 2.65. The molecular formula is C13H20N4O2. The van der Waals surface area contributed by atoms with Crippen LogP contribution in [0.2, 0.25) is 0 Å². The molecule has 1 aromatic heterocycles. The summed E-state index contributed by atoms with van der Waals surface area (Å²) in [5, 5.41) is 2.67. The van der Waals surface area contributed by atoms with Crippen molar-refractivity contribution in [1.29, 1.82) is 0 Å². The van der Waals surface area contributed by atoms with Gasteiger partial charge in [0.2, 0.25) is 5.91 Å². The number of aromatic nitrogens is 1. The molecule has 0 aromatic carbocycles. The van der Waals surface area contributed by atoms with Gasteiger partial charge in [0.05, 0.1) is 12.2 Å². The van der Waals surface area contributed by atoms with Crippen molar-refractivity contribution in [3.05, 3.63) is 29.6 Å². The van der Waals surface area contributed by atoms with Crippen LogP contribution in [0.5, 0.6) is 0 Å². The molecule has 0 aliphatic rings. The Morgan fingerprint density at radius 1 is 1.42 bits per heavy atom. The smallest absolute Gasteiger partial charge is 0.254 e. The summed E-state index contributed by atoms with van der Waals surface area (Å²) >= 11 is 0. The highest BCUT2D eigenvalue weighted by Crippen LogP contribution is 2.06. The van der Waals surface area contributed by atoms with Crippen LogP contribution in [0.15, 0.2) is 18.3 Å². The predicted octanol–water partition coefficient (Wildman–Crippen LogP) is 0.139. The van der Waals surface area contributed by atoms with Crippen LogP contribution in [0.25, 0.3) is 0 Å². The van der Waals surface area contributed by atoms with Crippen molar-refractivity contribution < 1.29 is 9.59 Å². The van der Waals surface area contributed by atoms with E-state index in [0.717, 1.165) is 0 Å². The Bertz CT molecular complexity index is 448. The van der Waals surface area contributed by atoms with Crippen LogP contribution in [0.1, 0.15) is 29.9 Å². The monoisotopic (exact) mass is 264 g/mol. The fourth-order valence-electron chi connectivity index (χ4n) is 1.66. The SMILES string of the molecule is CCNC(=O)CN(CC)C(=O)c1ccnc(CN)c1. The Balaban J connectivity index is 2.79. The summed E-state index contributed by atoms with van der Waals surface area (Å²) in [5.74, 6) is -0.350. The van der Waals surface area contributed by atoms with Crippen LogP contribution >= 0.6 is 0 Å². The predicted molar refractivity (Wildman–Crippen MR) is 72.4 cm³/mol. The largest absolute Gasteiger partial charge is 0.355 e. The number of likely N-dealkylation sites (N-methyl/N-ethyl adjacent to an activating group) is 2. The topological polar surface area (TPSA) is 88.3 Å². The maximum atomic E-state index is 12.3. The second-order valence-corrected chi connectivity index (χ2v) is 4.01. The van der Waals surface area contributed by atoms with E-state index < -0.39 is 0 Å². The normalized spacial score (nSPS) is 10.1. The van der Waals surface area contributed by atoms with Crippen molar-refractivity contribution in [3.8, 4) is 0 Å². The van der Waals surface area contributed by atoms with Crippen LogP contribution in [0.4, 0.5) is 0 Å². The number of carbonyl (C=O) groups excluding carboxylic acids is 2. The van der Waals surface area contributed by atoms with Crippen LogP contribution in [-0.4, -0.2) is 41.3 Å². The van der Waals surface area contributed by atoms with Crippen molar-refractivity contribution in [3.63, 3.8) is 0 Å². The first-order chi connectivity index (χ1) is 9.12. The quantitative estimate of drug-likeness (QED) is 0.765. The minimum atomic E-state index is -0.189. The first-order valence-electron chi connectivity index (χ1n) is 6.33. The van der Waals surface area contributed by atoms with Crippen molar-refractivity contribution in [2.75, 3.05) is 19.6 Å². The Kier molecular flexibility index (Phi) is 5.95. The number of hydrogen-bond acceptors (Lipinski definition) is 4. The van der Waals surface area contributed by atoms with E-state index >= 15 is 0 Å². The second kappa shape index (κ2) is 7.48. The minimum Gasteiger partial charge on any atom is -0.355 e. The van der Waals surface area contributed by atoms with Gasteiger partial charge in [0.1, 0.15) is 0 Å². The molecule has 19 heavy (non-hydrogen) atoms. The summed E-state index contributed by atoms with van der Waals surface area (Å²) in [5.41, 5.74) is 6.65. The van der Waals surface area contributed by atoms with Gasteiger partial charge in [-0.1, -0.05) is 0 Å². The van der Waals surface area contributed by atoms with E-state index in [1.807, 2.05) is 13.8 Å². The zero-order valence-corrected chi connectivity index (χ0v) is 11.3. The number of nitrogens with zero attached hydrogens (tertiary/aromatic N) is 2. The van der Waals surface area contributed by atoms with Gasteiger partial charge >= 0.3 is 0 Å². The third kappa shape index (κ3) is 4.33. The molecule has 3 N–H and O–H groups in total. The van der Waals surface area contributed by atoms with Crippen LogP contribution in [-0.2, 0) is 11.3 Å². The van der Waals surface area contributed by atoms with Gasteiger partial charge in [0.25, 0.3) is 5.91 Å². The summed E-state index contributed by atoms with van der Waals surface area (Å²) in [4.78, 5) is 29.3. The fraction of sp³-hybridized carbons (Fsp3) is 0.462. The molecule has 0 atom stereocenters. The molecule has 0 aliphatic heterocycles. The van der Waals surface area contributed by atoms with Gasteiger partial charge < -0.3 is 16.0 Å². The lowest BCUT2D eigenvalue weighted by Gasteiger charge is -2.20. The summed E-state index contributed by atoms with van der Waals surface area (Å²) in [6, 6.07) is 3.28.